The largest absolute Gasteiger partial charge is 0.497 e. The molecule has 2 heterocycles. The molecule has 4 rings (SSSR count). The normalized spacial score (nSPS) is 11.2. The predicted molar refractivity (Wildman–Crippen MR) is 90.8 cm³/mol. The summed E-state index contributed by atoms with van der Waals surface area (Å²) in [4.78, 5) is 15.8. The lowest BCUT2D eigenvalue weighted by atomic mass is 10.1. The maximum absolute atomic E-state index is 12.7. The Morgan fingerprint density at radius 1 is 1.25 bits per heavy atom. The van der Waals surface area contributed by atoms with E-state index in [9.17, 15) is 9.90 Å². The fourth-order valence-corrected chi connectivity index (χ4v) is 2.83. The Kier molecular flexibility index (Phi) is 3.32. The smallest absolute Gasteiger partial charge is 0.282 e. The number of H-pyrrole nitrogens is 1. The van der Waals surface area contributed by atoms with Crippen LogP contribution >= 0.6 is 0 Å². The van der Waals surface area contributed by atoms with Gasteiger partial charge < -0.3 is 14.8 Å². The van der Waals surface area contributed by atoms with Crippen molar-refractivity contribution in [1.29, 1.82) is 0 Å². The quantitative estimate of drug-likeness (QED) is 0.607. The zero-order valence-corrected chi connectivity index (χ0v) is 13.0. The maximum atomic E-state index is 12.7. The number of hydrogen-bond donors (Lipinski definition) is 2. The Balaban J connectivity index is 1.98. The van der Waals surface area contributed by atoms with Crippen molar-refractivity contribution in [1.82, 2.24) is 14.8 Å². The molecule has 0 unspecified atom stereocenters. The van der Waals surface area contributed by atoms with Crippen molar-refractivity contribution >= 4 is 10.9 Å². The second-order valence-electron chi connectivity index (χ2n) is 5.51. The summed E-state index contributed by atoms with van der Waals surface area (Å²) in [7, 11) is 1.58. The van der Waals surface area contributed by atoms with Crippen LogP contribution in [0, 0.1) is 0 Å². The van der Waals surface area contributed by atoms with Gasteiger partial charge in [0, 0.05) is 23.2 Å². The minimum Gasteiger partial charge on any atom is -0.497 e. The van der Waals surface area contributed by atoms with Crippen LogP contribution in [0.2, 0.25) is 0 Å². The van der Waals surface area contributed by atoms with Crippen LogP contribution in [0.25, 0.3) is 27.8 Å². The Hall–Kier alpha value is -3.12. The summed E-state index contributed by atoms with van der Waals surface area (Å²) in [6.45, 7) is -0.0348. The van der Waals surface area contributed by atoms with Crippen LogP contribution < -0.4 is 10.3 Å². The molecule has 120 valence electrons. The van der Waals surface area contributed by atoms with Gasteiger partial charge in [0.2, 0.25) is 0 Å². The Morgan fingerprint density at radius 2 is 2.12 bits per heavy atom. The third kappa shape index (κ3) is 2.16. The molecule has 24 heavy (non-hydrogen) atoms. The molecular weight excluding hydrogens is 306 g/mol. The number of aliphatic hydroxyl groups excluding tert-OH is 1. The monoisotopic (exact) mass is 321 g/mol. The van der Waals surface area contributed by atoms with Crippen LogP contribution in [0.1, 0.15) is 5.56 Å². The number of nitrogens with zero attached hydrogens (tertiary/aromatic N) is 2. The van der Waals surface area contributed by atoms with Crippen molar-refractivity contribution in [3.8, 4) is 22.7 Å². The molecule has 2 aliphatic heterocycles. The number of nitrogens with one attached hydrogen (secondary N) is 1. The van der Waals surface area contributed by atoms with E-state index in [1.807, 2.05) is 36.4 Å². The molecule has 0 saturated heterocycles. The molecule has 0 spiro atoms. The summed E-state index contributed by atoms with van der Waals surface area (Å²) < 4.78 is 6.59. The summed E-state index contributed by atoms with van der Waals surface area (Å²) in [6.07, 6.45) is 1.66. The third-order valence-corrected chi connectivity index (χ3v) is 4.07. The van der Waals surface area contributed by atoms with Gasteiger partial charge in [-0.1, -0.05) is 18.2 Å². The van der Waals surface area contributed by atoms with E-state index in [1.165, 1.54) is 4.68 Å². The zero-order chi connectivity index (χ0) is 16.7. The summed E-state index contributed by atoms with van der Waals surface area (Å²) in [5.74, 6) is 0.662. The number of benzene rings is 2. The van der Waals surface area contributed by atoms with Gasteiger partial charge in [0.25, 0.3) is 5.56 Å². The maximum Gasteiger partial charge on any atom is 0.282 e. The lowest BCUT2D eigenvalue weighted by molar-refractivity contribution is 0.282. The third-order valence-electron chi connectivity index (χ3n) is 4.07. The number of ether oxygens (including phenoxy) is 1. The molecule has 6 nitrogen and oxygen atoms in total. The highest BCUT2D eigenvalue weighted by Crippen LogP contribution is 2.27. The molecule has 0 fully saturated rings. The fraction of sp³-hybridized carbons (Fsp3) is 0.111. The second kappa shape index (κ2) is 5.50. The summed E-state index contributed by atoms with van der Waals surface area (Å²) >= 11 is 0. The lowest BCUT2D eigenvalue weighted by Crippen LogP contribution is -2.14. The first kappa shape index (κ1) is 14.5. The van der Waals surface area contributed by atoms with E-state index in [1.54, 1.807) is 19.4 Å². The van der Waals surface area contributed by atoms with Crippen LogP contribution in [0.5, 0.6) is 5.75 Å². The second-order valence-corrected chi connectivity index (χ2v) is 5.51. The van der Waals surface area contributed by atoms with Gasteiger partial charge in [-0.25, -0.2) is 0 Å². The summed E-state index contributed by atoms with van der Waals surface area (Å²) in [6, 6.07) is 12.7. The minimum atomic E-state index is -0.192. The number of aromatic amines is 1. The van der Waals surface area contributed by atoms with Gasteiger partial charge in [-0.2, -0.15) is 9.78 Å². The highest BCUT2D eigenvalue weighted by atomic mass is 16.5. The van der Waals surface area contributed by atoms with Gasteiger partial charge in [-0.15, -0.1) is 0 Å². The molecule has 2 aromatic carbocycles. The summed E-state index contributed by atoms with van der Waals surface area (Å²) in [5.41, 5.74) is 3.22. The molecule has 0 atom stereocenters. The van der Waals surface area contributed by atoms with Crippen molar-refractivity contribution in [2.75, 3.05) is 7.11 Å². The van der Waals surface area contributed by atoms with Crippen molar-refractivity contribution < 1.29 is 9.84 Å². The van der Waals surface area contributed by atoms with Gasteiger partial charge >= 0.3 is 0 Å². The molecule has 0 saturated carbocycles. The van der Waals surface area contributed by atoms with Crippen molar-refractivity contribution in [2.45, 2.75) is 6.61 Å². The average Bonchev–Trinajstić information content (AvgIpc) is 2.98. The average molecular weight is 321 g/mol. The summed E-state index contributed by atoms with van der Waals surface area (Å²) in [5, 5.41) is 14.6. The Morgan fingerprint density at radius 3 is 2.92 bits per heavy atom. The number of aromatic nitrogens is 3. The minimum absolute atomic E-state index is 0.0348. The van der Waals surface area contributed by atoms with Crippen LogP contribution in [0.4, 0.5) is 0 Å². The van der Waals surface area contributed by atoms with Crippen molar-refractivity contribution in [3.05, 3.63) is 64.6 Å². The Labute approximate surface area is 137 Å². The van der Waals surface area contributed by atoms with Crippen molar-refractivity contribution in [2.24, 2.45) is 0 Å². The molecule has 0 aliphatic carbocycles. The van der Waals surface area contributed by atoms with E-state index in [0.29, 0.717) is 22.7 Å². The van der Waals surface area contributed by atoms with Gasteiger partial charge in [-0.05, 0) is 23.8 Å². The van der Waals surface area contributed by atoms with E-state index in [-0.39, 0.29) is 12.2 Å². The van der Waals surface area contributed by atoms with Crippen LogP contribution in [0.3, 0.4) is 0 Å². The number of rotatable bonds is 3. The van der Waals surface area contributed by atoms with E-state index in [0.717, 1.165) is 16.5 Å². The van der Waals surface area contributed by atoms with E-state index >= 15 is 0 Å². The van der Waals surface area contributed by atoms with Crippen LogP contribution in [-0.2, 0) is 6.61 Å². The number of pyridine rings is 1. The first-order chi connectivity index (χ1) is 11.7. The molecule has 0 radical (unpaired) electrons. The van der Waals surface area contributed by atoms with E-state index < -0.39 is 0 Å². The molecule has 2 aliphatic rings. The van der Waals surface area contributed by atoms with Gasteiger partial charge in [0.15, 0.2) is 0 Å². The molecule has 0 aromatic heterocycles. The molecule has 0 amide bonds. The topological polar surface area (TPSA) is 80.1 Å². The lowest BCUT2D eigenvalue weighted by Gasteiger charge is -2.04. The van der Waals surface area contributed by atoms with Crippen LogP contribution in [-0.4, -0.2) is 27.0 Å². The first-order valence-electron chi connectivity index (χ1n) is 7.49. The zero-order valence-electron chi connectivity index (χ0n) is 13.0. The van der Waals surface area contributed by atoms with Gasteiger partial charge in [-0.3, -0.25) is 4.79 Å². The SMILES string of the molecule is COc1cccc(-n2nc3c4ccc(CO)cc4[nH]cc-3c2=O)c1. The number of aliphatic hydroxyl groups is 1. The van der Waals surface area contributed by atoms with E-state index in [2.05, 4.69) is 10.1 Å². The highest BCUT2D eigenvalue weighted by Gasteiger charge is 2.19. The van der Waals surface area contributed by atoms with Gasteiger partial charge in [0.1, 0.15) is 11.4 Å². The molecule has 2 N–H and O–H groups in total. The number of hydrogen-bond acceptors (Lipinski definition) is 4. The molecular formula is C18H15N3O3. The highest BCUT2D eigenvalue weighted by molar-refractivity contribution is 5.93. The fourth-order valence-electron chi connectivity index (χ4n) is 2.83. The predicted octanol–water partition coefficient (Wildman–Crippen LogP) is 2.32. The standard InChI is InChI=1S/C18H15N3O3/c1-24-13-4-2-3-12(8-13)21-18(23)15-9-19-16-7-11(10-22)5-6-14(16)17(15)20-21/h2-9,19,22H,10H2,1H3. The molecule has 2 aromatic rings. The Bertz CT molecular complexity index is 1060. The number of fused-ring (bicyclic) bond motifs is 3. The van der Waals surface area contributed by atoms with Gasteiger partial charge in [0.05, 0.1) is 25.0 Å². The van der Waals surface area contributed by atoms with E-state index in [4.69, 9.17) is 4.74 Å². The molecule has 0 bridgehead atoms. The van der Waals surface area contributed by atoms with Crippen molar-refractivity contribution in [3.63, 3.8) is 0 Å². The first-order valence-corrected chi connectivity index (χ1v) is 7.49. The number of methoxy groups -OCH3 is 1. The molecule has 6 heteroatoms. The van der Waals surface area contributed by atoms with Crippen LogP contribution in [0.15, 0.2) is 53.5 Å².